The number of amidine groups is 1. The van der Waals surface area contributed by atoms with E-state index in [4.69, 9.17) is 32.5 Å². The first-order valence-electron chi connectivity index (χ1n) is 41.5. The molecule has 0 bridgehead atoms. The highest BCUT2D eigenvalue weighted by molar-refractivity contribution is 7.10. The van der Waals surface area contributed by atoms with E-state index in [0.29, 0.717) is 6.42 Å². The number of aliphatic hydroxyl groups excluding tert-OH is 6. The van der Waals surface area contributed by atoms with Gasteiger partial charge in [-0.3, -0.25) is 110 Å². The van der Waals surface area contributed by atoms with Crippen molar-refractivity contribution in [1.29, 1.82) is 0 Å². The molecule has 0 saturated carbocycles. The minimum absolute atomic E-state index is 0.0263. The molecule has 0 unspecified atom stereocenters. The van der Waals surface area contributed by atoms with Crippen LogP contribution in [0.15, 0.2) is 31.8 Å². The fourth-order valence-corrected chi connectivity index (χ4v) is 15.2. The number of carboxylic acids is 1. The lowest BCUT2D eigenvalue weighted by molar-refractivity contribution is -0.140. The van der Waals surface area contributed by atoms with Gasteiger partial charge in [0, 0.05) is 29.1 Å². The van der Waals surface area contributed by atoms with Crippen molar-refractivity contribution >= 4 is 170 Å². The van der Waals surface area contributed by atoms with Gasteiger partial charge in [-0.15, -0.1) is 34.0 Å². The zero-order valence-corrected chi connectivity index (χ0v) is 76.0. The maximum Gasteiger partial charge on any atom is 0.322 e. The number of hydrogen-bond acceptors (Lipinski definition) is 38. The molecular formula is C76H107N27O30S3. The lowest BCUT2D eigenvalue weighted by Crippen LogP contribution is -2.61. The number of thiazole rings is 3. The first kappa shape index (κ1) is 110. The Labute approximate surface area is 782 Å². The Morgan fingerprint density at radius 2 is 0.956 bits per heavy atom. The highest BCUT2D eigenvalue weighted by Crippen LogP contribution is 2.26. The molecule has 4 aromatic rings. The number of nitrogens with zero attached hydrogens (tertiary/aromatic N) is 6. The molecule has 2 aliphatic rings. The van der Waals surface area contributed by atoms with Crippen LogP contribution in [0.3, 0.4) is 0 Å². The van der Waals surface area contributed by atoms with Crippen LogP contribution in [-0.4, -0.2) is 335 Å². The molecule has 2 aliphatic heterocycles. The van der Waals surface area contributed by atoms with E-state index in [1.807, 2.05) is 0 Å². The fraction of sp³-hybridized carbons (Fsp3) is 0.539. The maximum atomic E-state index is 13.8. The second kappa shape index (κ2) is 52.9. The molecule has 57 nitrogen and oxygen atoms in total. The van der Waals surface area contributed by atoms with Crippen LogP contribution < -0.4 is 113 Å². The molecule has 0 aromatic carbocycles. The Morgan fingerprint density at radius 1 is 0.485 bits per heavy atom. The van der Waals surface area contributed by atoms with Crippen LogP contribution in [0.5, 0.6) is 0 Å². The standard InChI is InChI=1S/C76H107N27O30S3/c1-29(2)12-35(62(122)84-19-56(117)118)88-54(115)17-81-53(114)16-83-71(131)57(33(6)109)102-69(129)47-28-135-74(100-47)38(15-52(80)113)94-59(119)30(3)85-63(123)40(21-105)95-60(120)31(4)86-66(126)44-25-133-72(98-44)36(13-50(78)111)93-65(125)41(22-106)96-68(128)46-27-136-75(101-46)42(23-107)97-61(121)32(5)87-67(127)45-26-134-73(99-45)37(14-51(79)112)89-55(116)18-82-70(130)48-8-7-11-103(48)76(132)43(24-108)91-58-34(9-10-49(77)110)92-64(124)39(20-104)90-58/h25-43,48,57,104-109H,7-24H2,1-6H3,(H2,77,110)(H2,78,111)(H2,79,112)(H2,80,113)(H,81,114)(H,82,130)(H,83,131)(H,84,122)(H,85,123)(H,86,126)(H,87,127)(H,88,115)(H,89,116)(H,90,91)(H,92,124)(H,93,125)(H,94,119)(H,95,120)(H,96,128)(H,97,121)(H,102,129)(H,117,118)/t30-,31-,32-,33+,34-,35-,36-,37-,38-,39-,40-,41-,42-,43-,48-,57-/m0/s1. The molecule has 4 aromatic heterocycles. The number of carbonyl (C=O) groups is 22. The smallest absolute Gasteiger partial charge is 0.322 e. The maximum absolute atomic E-state index is 13.8. The number of primary amides is 4. The van der Waals surface area contributed by atoms with Crippen LogP contribution in [0.4, 0.5) is 0 Å². The molecule has 136 heavy (non-hydrogen) atoms. The molecule has 60 heteroatoms. The second-order valence-electron chi connectivity index (χ2n) is 31.0. The van der Waals surface area contributed by atoms with Crippen LogP contribution in [0, 0.1) is 5.92 Å². The first-order chi connectivity index (χ1) is 64.2. The number of aliphatic carboxylic acids is 1. The molecule has 21 amide bonds. The third-order valence-electron chi connectivity index (χ3n) is 19.6. The van der Waals surface area contributed by atoms with E-state index in [1.165, 1.54) is 12.3 Å². The highest BCUT2D eigenvalue weighted by Gasteiger charge is 2.42. The number of nitrogens with two attached hydrogens (primary N) is 4. The first-order valence-corrected chi connectivity index (χ1v) is 44.1. The number of carboxylic acid groups (broad SMARTS) is 1. The fourth-order valence-electron chi connectivity index (χ4n) is 12.6. The summed E-state index contributed by atoms with van der Waals surface area (Å²) in [6, 6.07) is -21.4. The predicted octanol–water partition coefficient (Wildman–Crippen LogP) is -13.3. The molecular weight excluding hydrogens is 1870 g/mol. The van der Waals surface area contributed by atoms with Gasteiger partial charge in [-0.25, -0.2) is 19.9 Å². The van der Waals surface area contributed by atoms with Gasteiger partial charge in [-0.1, -0.05) is 13.8 Å². The molecule has 32 N–H and O–H groups in total. The van der Waals surface area contributed by atoms with Gasteiger partial charge in [0.2, 0.25) is 106 Å². The van der Waals surface area contributed by atoms with Crippen LogP contribution in [0.2, 0.25) is 0 Å². The van der Waals surface area contributed by atoms with Gasteiger partial charge in [-0.2, -0.15) is 0 Å². The summed E-state index contributed by atoms with van der Waals surface area (Å²) in [5, 5.41) is 113. The van der Waals surface area contributed by atoms with Crippen molar-refractivity contribution in [2.24, 2.45) is 33.8 Å². The molecule has 0 spiro atoms. The van der Waals surface area contributed by atoms with E-state index in [-0.39, 0.29) is 64.7 Å². The topological polar surface area (TPSA) is 906 Å². The van der Waals surface area contributed by atoms with Crippen molar-refractivity contribution in [3.63, 3.8) is 0 Å². The Hall–Kier alpha value is -14.3. The predicted molar refractivity (Wildman–Crippen MR) is 465 cm³/mol. The monoisotopic (exact) mass is 1970 g/mol. The number of oxazole rings is 1. The summed E-state index contributed by atoms with van der Waals surface area (Å²) in [7, 11) is 0. The highest BCUT2D eigenvalue weighted by atomic mass is 32.1. The van der Waals surface area contributed by atoms with Crippen molar-refractivity contribution in [2.75, 3.05) is 65.8 Å². The van der Waals surface area contributed by atoms with Crippen LogP contribution in [0.1, 0.15) is 180 Å². The Morgan fingerprint density at radius 3 is 1.49 bits per heavy atom. The summed E-state index contributed by atoms with van der Waals surface area (Å²) in [5.41, 5.74) is 20.0. The number of hydrogen-bond donors (Lipinski definition) is 28. The molecule has 744 valence electrons. The number of likely N-dealkylation sites (tertiary alicyclic amines) is 1. The van der Waals surface area contributed by atoms with E-state index in [2.05, 4.69) is 115 Å². The van der Waals surface area contributed by atoms with E-state index >= 15 is 0 Å². The normalized spacial score (nSPS) is 16.8. The Balaban J connectivity index is 0.954. The summed E-state index contributed by atoms with van der Waals surface area (Å²) < 4.78 is 5.38. The number of nitrogens with one attached hydrogen (secondary N) is 17. The summed E-state index contributed by atoms with van der Waals surface area (Å²) in [6.45, 7) is 0.704. The summed E-state index contributed by atoms with van der Waals surface area (Å²) in [6.07, 6.45) is -2.52. The van der Waals surface area contributed by atoms with Gasteiger partial charge in [0.25, 0.3) is 23.6 Å². The van der Waals surface area contributed by atoms with Crippen molar-refractivity contribution in [3.05, 3.63) is 66.1 Å². The number of rotatable bonds is 54. The molecule has 6 heterocycles. The number of amides is 21. The lowest BCUT2D eigenvalue weighted by Gasteiger charge is -2.32. The quantitative estimate of drug-likeness (QED) is 0.0195. The van der Waals surface area contributed by atoms with Gasteiger partial charge in [0.15, 0.2) is 11.7 Å². The van der Waals surface area contributed by atoms with Gasteiger partial charge in [0.05, 0.1) is 96.2 Å². The zero-order valence-electron chi connectivity index (χ0n) is 73.6. The van der Waals surface area contributed by atoms with Crippen molar-refractivity contribution in [2.45, 2.75) is 190 Å². The Kier molecular flexibility index (Phi) is 43.0. The van der Waals surface area contributed by atoms with Crippen molar-refractivity contribution in [1.82, 2.24) is 115 Å². The van der Waals surface area contributed by atoms with Crippen molar-refractivity contribution < 1.29 is 146 Å². The minimum Gasteiger partial charge on any atom is -0.480 e. The molecule has 0 radical (unpaired) electrons. The van der Waals surface area contributed by atoms with Gasteiger partial charge in [-0.05, 0) is 59.3 Å². The SMILES string of the molecule is CC(C)C[C@H](NC(=O)CNC(=O)CNC(=O)[C@@H](NC(=O)c1csc([C@H](CC(N)=O)NC(=O)[C@H](C)NC(=O)[C@H](CO)NC(=O)[C@H](C)NC(=O)c2coc([C@H](CC(N)=O)NC(=O)[C@H](CO)NC(=O)c3csc([C@H](CO)NC(=O)[C@H](C)NC(=O)c4csc([C@H](CC(N)=O)NC(=O)CNC(=O)[C@@H]5CCCN5C(=O)[C@H](CO)NC5=N[C@@H](CO)C(=O)N[C@H]5CCC(N)=O)n4)n3)n2)n1)[C@@H](C)O)C(=O)NCC(=O)O. The van der Waals surface area contributed by atoms with Crippen molar-refractivity contribution in [3.8, 4) is 0 Å². The van der Waals surface area contributed by atoms with E-state index in [1.54, 1.807) is 13.8 Å². The molecule has 16 atom stereocenters. The number of aromatic nitrogens is 4. The van der Waals surface area contributed by atoms with E-state index in [9.17, 15) is 136 Å². The number of carbonyl (C=O) groups excluding carboxylic acids is 21. The zero-order chi connectivity index (χ0) is 101. The molecule has 1 saturated heterocycles. The van der Waals surface area contributed by atoms with Crippen LogP contribution in [0.25, 0.3) is 0 Å². The van der Waals surface area contributed by atoms with E-state index < -0.39 is 328 Å². The number of aliphatic imine (C=N–C) groups is 1. The van der Waals surface area contributed by atoms with Crippen LogP contribution in [-0.2, 0) is 86.3 Å². The van der Waals surface area contributed by atoms with Gasteiger partial charge >= 0.3 is 5.97 Å². The third kappa shape index (κ3) is 34.0. The third-order valence-corrected chi connectivity index (χ3v) is 22.5. The molecule has 0 aliphatic carbocycles. The Bertz CT molecular complexity index is 5100. The van der Waals surface area contributed by atoms with Gasteiger partial charge < -0.3 is 158 Å². The average Bonchev–Trinajstić information content (AvgIpc) is 1.25. The van der Waals surface area contributed by atoms with Gasteiger partial charge in [0.1, 0.15) is 117 Å². The largest absolute Gasteiger partial charge is 0.480 e. The summed E-state index contributed by atoms with van der Waals surface area (Å²) >= 11 is 2.25. The summed E-state index contributed by atoms with van der Waals surface area (Å²) in [5.74, 6) is -22.2. The minimum atomic E-state index is -1.84. The molecule has 6 rings (SSSR count). The lowest BCUT2D eigenvalue weighted by atomic mass is 10.0. The van der Waals surface area contributed by atoms with E-state index in [0.717, 1.165) is 76.7 Å². The van der Waals surface area contributed by atoms with Crippen LogP contribution >= 0.6 is 34.0 Å². The second-order valence-corrected chi connectivity index (χ2v) is 33.6. The molecule has 1 fully saturated rings. The summed E-state index contributed by atoms with van der Waals surface area (Å²) in [4.78, 5) is 306. The average molecular weight is 1980 g/mol. The number of aliphatic hydroxyl groups is 6.